The van der Waals surface area contributed by atoms with E-state index in [0.29, 0.717) is 6.61 Å². The predicted molar refractivity (Wildman–Crippen MR) is 83.8 cm³/mol. The Balaban J connectivity index is 1.47. The van der Waals surface area contributed by atoms with Crippen LogP contribution < -0.4 is 5.32 Å². The summed E-state index contributed by atoms with van der Waals surface area (Å²) in [6.07, 6.45) is 1.69. The number of cyclic esters (lactones) is 1. The lowest BCUT2D eigenvalue weighted by Gasteiger charge is -2.02. The van der Waals surface area contributed by atoms with Crippen molar-refractivity contribution in [2.45, 2.75) is 22.4 Å². The average Bonchev–Trinajstić information content (AvgIpc) is 3.11. The van der Waals surface area contributed by atoms with Gasteiger partial charge in [-0.3, -0.25) is 4.79 Å². The third kappa shape index (κ3) is 3.95. The summed E-state index contributed by atoms with van der Waals surface area (Å²) in [4.78, 5) is 11.4. The van der Waals surface area contributed by atoms with Gasteiger partial charge in [-0.15, -0.1) is 10.2 Å². The Kier molecular flexibility index (Phi) is 4.72. The van der Waals surface area contributed by atoms with Gasteiger partial charge in [0.2, 0.25) is 5.13 Å². The number of aromatic nitrogens is 2. The lowest BCUT2D eigenvalue weighted by molar-refractivity contribution is -0.137. The van der Waals surface area contributed by atoms with Crippen molar-refractivity contribution in [3.63, 3.8) is 0 Å². The first-order valence-corrected chi connectivity index (χ1v) is 8.45. The van der Waals surface area contributed by atoms with E-state index in [9.17, 15) is 4.79 Å². The van der Waals surface area contributed by atoms with E-state index in [0.717, 1.165) is 28.9 Å². The summed E-state index contributed by atoms with van der Waals surface area (Å²) >= 11 is 2.92. The van der Waals surface area contributed by atoms with Crippen LogP contribution in [0.4, 0.5) is 5.13 Å². The second-order valence-electron chi connectivity index (χ2n) is 4.60. The van der Waals surface area contributed by atoms with E-state index < -0.39 is 0 Å². The van der Waals surface area contributed by atoms with Gasteiger partial charge in [0.15, 0.2) is 4.34 Å². The van der Waals surface area contributed by atoms with Gasteiger partial charge in [0.1, 0.15) is 5.25 Å². The van der Waals surface area contributed by atoms with Gasteiger partial charge >= 0.3 is 5.97 Å². The van der Waals surface area contributed by atoms with Gasteiger partial charge in [-0.1, -0.05) is 53.4 Å². The molecule has 1 aliphatic heterocycles. The Morgan fingerprint density at radius 1 is 1.33 bits per heavy atom. The average molecular weight is 321 g/mol. The molecule has 110 valence electrons. The molecule has 0 spiro atoms. The van der Waals surface area contributed by atoms with E-state index in [1.165, 1.54) is 28.7 Å². The fourth-order valence-corrected chi connectivity index (χ4v) is 3.98. The number of benzene rings is 1. The predicted octanol–water partition coefficient (Wildman–Crippen LogP) is 2.60. The number of carbonyl (C=O) groups excluding carboxylic acids is 1. The SMILES string of the molecule is O=C1OCC[C@H]1Sc1nnc(NCCc2ccccc2)s1. The van der Waals surface area contributed by atoms with Crippen molar-refractivity contribution in [1.82, 2.24) is 10.2 Å². The van der Waals surface area contributed by atoms with Crippen LogP contribution in [-0.4, -0.2) is 34.6 Å². The van der Waals surface area contributed by atoms with Gasteiger partial charge in [-0.05, 0) is 12.0 Å². The first-order valence-electron chi connectivity index (χ1n) is 6.76. The third-order valence-corrected chi connectivity index (χ3v) is 5.28. The maximum atomic E-state index is 11.4. The van der Waals surface area contributed by atoms with E-state index in [4.69, 9.17) is 4.74 Å². The van der Waals surface area contributed by atoms with Crippen molar-refractivity contribution < 1.29 is 9.53 Å². The van der Waals surface area contributed by atoms with Crippen LogP contribution >= 0.6 is 23.1 Å². The van der Waals surface area contributed by atoms with Crippen LogP contribution in [-0.2, 0) is 16.0 Å². The maximum Gasteiger partial charge on any atom is 0.319 e. The summed E-state index contributed by atoms with van der Waals surface area (Å²) in [5, 5.41) is 12.1. The van der Waals surface area contributed by atoms with E-state index >= 15 is 0 Å². The molecule has 1 aromatic heterocycles. The number of rotatable bonds is 6. The van der Waals surface area contributed by atoms with E-state index in [1.54, 1.807) is 0 Å². The van der Waals surface area contributed by atoms with Gasteiger partial charge in [0.25, 0.3) is 0 Å². The van der Waals surface area contributed by atoms with Gasteiger partial charge in [-0.25, -0.2) is 0 Å². The molecule has 1 N–H and O–H groups in total. The first kappa shape index (κ1) is 14.3. The van der Waals surface area contributed by atoms with Gasteiger partial charge in [-0.2, -0.15) is 0 Å². The van der Waals surface area contributed by atoms with Crippen LogP contribution in [0.5, 0.6) is 0 Å². The molecule has 2 aromatic rings. The van der Waals surface area contributed by atoms with E-state index in [1.807, 2.05) is 18.2 Å². The molecular formula is C14H15N3O2S2. The minimum Gasteiger partial charge on any atom is -0.465 e. The van der Waals surface area contributed by atoms with Crippen molar-refractivity contribution in [3.05, 3.63) is 35.9 Å². The van der Waals surface area contributed by atoms with Gasteiger partial charge in [0.05, 0.1) is 6.61 Å². The molecule has 0 bridgehead atoms. The Morgan fingerprint density at radius 3 is 2.95 bits per heavy atom. The fraction of sp³-hybridized carbons (Fsp3) is 0.357. The molecule has 1 atom stereocenters. The zero-order valence-corrected chi connectivity index (χ0v) is 13.0. The van der Waals surface area contributed by atoms with Crippen LogP contribution in [0.25, 0.3) is 0 Å². The maximum absolute atomic E-state index is 11.4. The summed E-state index contributed by atoms with van der Waals surface area (Å²) < 4.78 is 5.75. The Bertz CT molecular complexity index is 603. The molecule has 0 amide bonds. The Morgan fingerprint density at radius 2 is 2.19 bits per heavy atom. The second kappa shape index (κ2) is 6.91. The lowest BCUT2D eigenvalue weighted by Crippen LogP contribution is -2.08. The summed E-state index contributed by atoms with van der Waals surface area (Å²) in [6, 6.07) is 10.3. The monoisotopic (exact) mass is 321 g/mol. The second-order valence-corrected chi connectivity index (χ2v) is 7.03. The summed E-state index contributed by atoms with van der Waals surface area (Å²) in [5.41, 5.74) is 1.29. The number of hydrogen-bond donors (Lipinski definition) is 1. The molecule has 1 aromatic carbocycles. The number of nitrogens with one attached hydrogen (secondary N) is 1. The van der Waals surface area contributed by atoms with E-state index in [2.05, 4.69) is 27.6 Å². The van der Waals surface area contributed by atoms with Gasteiger partial charge < -0.3 is 10.1 Å². The molecule has 5 nitrogen and oxygen atoms in total. The quantitative estimate of drug-likeness (QED) is 0.825. The van der Waals surface area contributed by atoms with Crippen molar-refractivity contribution in [1.29, 1.82) is 0 Å². The highest BCUT2D eigenvalue weighted by molar-refractivity contribution is 8.02. The molecule has 1 fully saturated rings. The van der Waals surface area contributed by atoms with Crippen LogP contribution in [0.3, 0.4) is 0 Å². The number of ether oxygens (including phenoxy) is 1. The molecule has 0 aliphatic carbocycles. The summed E-state index contributed by atoms with van der Waals surface area (Å²) in [7, 11) is 0. The molecule has 1 aliphatic rings. The Labute approximate surface area is 131 Å². The number of thioether (sulfide) groups is 1. The molecule has 1 saturated heterocycles. The highest BCUT2D eigenvalue weighted by Crippen LogP contribution is 2.32. The summed E-state index contributed by atoms with van der Waals surface area (Å²) in [5.74, 6) is -0.145. The van der Waals surface area contributed by atoms with Crippen molar-refractivity contribution in [2.75, 3.05) is 18.5 Å². The topological polar surface area (TPSA) is 64.1 Å². The number of anilines is 1. The van der Waals surface area contributed by atoms with Crippen molar-refractivity contribution in [3.8, 4) is 0 Å². The zero-order chi connectivity index (χ0) is 14.5. The number of hydrogen-bond acceptors (Lipinski definition) is 7. The van der Waals surface area contributed by atoms with Crippen LogP contribution in [0.15, 0.2) is 34.7 Å². The molecule has 21 heavy (non-hydrogen) atoms. The first-order chi connectivity index (χ1) is 10.3. The van der Waals surface area contributed by atoms with Crippen LogP contribution in [0, 0.1) is 0 Å². The number of carbonyl (C=O) groups is 1. The number of esters is 1. The molecule has 0 unspecified atom stereocenters. The number of nitrogens with zero attached hydrogens (tertiary/aromatic N) is 2. The highest BCUT2D eigenvalue weighted by Gasteiger charge is 2.28. The Hall–Kier alpha value is -1.60. The summed E-state index contributed by atoms with van der Waals surface area (Å²) in [6.45, 7) is 1.33. The molecular weight excluding hydrogens is 306 g/mol. The fourth-order valence-electron chi connectivity index (χ4n) is 1.99. The molecule has 7 heteroatoms. The minimum atomic E-state index is -0.145. The molecule has 3 rings (SSSR count). The molecule has 2 heterocycles. The standard InChI is InChI=1S/C14H15N3O2S2/c18-12-11(7-9-19-12)20-14-17-16-13(21-14)15-8-6-10-4-2-1-3-5-10/h1-5,11H,6-9H2,(H,15,16)/t11-/m1/s1. The van der Waals surface area contributed by atoms with Crippen LogP contribution in [0.1, 0.15) is 12.0 Å². The third-order valence-electron chi connectivity index (χ3n) is 3.07. The minimum absolute atomic E-state index is 0.130. The molecule has 0 saturated carbocycles. The normalized spacial score (nSPS) is 17.7. The lowest BCUT2D eigenvalue weighted by atomic mass is 10.2. The van der Waals surface area contributed by atoms with Crippen molar-refractivity contribution >= 4 is 34.2 Å². The van der Waals surface area contributed by atoms with Crippen molar-refractivity contribution in [2.24, 2.45) is 0 Å². The largest absolute Gasteiger partial charge is 0.465 e. The highest BCUT2D eigenvalue weighted by atomic mass is 32.2. The smallest absolute Gasteiger partial charge is 0.319 e. The molecule has 0 radical (unpaired) electrons. The zero-order valence-electron chi connectivity index (χ0n) is 11.3. The van der Waals surface area contributed by atoms with E-state index in [-0.39, 0.29) is 11.2 Å². The van der Waals surface area contributed by atoms with Gasteiger partial charge in [0, 0.05) is 13.0 Å². The van der Waals surface area contributed by atoms with Crippen LogP contribution in [0.2, 0.25) is 0 Å².